The van der Waals surface area contributed by atoms with Gasteiger partial charge in [-0.15, -0.1) is 0 Å². The van der Waals surface area contributed by atoms with E-state index < -0.39 is 10.0 Å². The first-order valence-corrected chi connectivity index (χ1v) is 11.9. The van der Waals surface area contributed by atoms with Gasteiger partial charge in [-0.2, -0.15) is 4.31 Å². The van der Waals surface area contributed by atoms with E-state index in [1.807, 2.05) is 0 Å². The Morgan fingerprint density at radius 3 is 2.48 bits per heavy atom. The van der Waals surface area contributed by atoms with E-state index in [4.69, 9.17) is 11.6 Å². The van der Waals surface area contributed by atoms with Crippen molar-refractivity contribution in [3.8, 4) is 0 Å². The number of fused-ring (bicyclic) bond motifs is 1. The number of hydrogen-bond acceptors (Lipinski definition) is 4. The maximum absolute atomic E-state index is 12.9. The Balaban J connectivity index is 1.50. The molecule has 0 saturated carbocycles. The summed E-state index contributed by atoms with van der Waals surface area (Å²) in [5, 5.41) is 3.33. The summed E-state index contributed by atoms with van der Waals surface area (Å²) >= 11 is 5.84. The highest BCUT2D eigenvalue weighted by Gasteiger charge is 2.26. The Morgan fingerprint density at radius 1 is 1.06 bits per heavy atom. The molecule has 2 N–H and O–H groups in total. The number of imidazole rings is 1. The van der Waals surface area contributed by atoms with E-state index in [0.29, 0.717) is 34.8 Å². The number of nitrogens with one attached hydrogen (secondary N) is 2. The number of carbonyl (C=O) groups is 1. The molecule has 0 unspecified atom stereocenters. The van der Waals surface area contributed by atoms with Crippen LogP contribution >= 0.6 is 11.6 Å². The van der Waals surface area contributed by atoms with Crippen LogP contribution in [0.2, 0.25) is 5.02 Å². The summed E-state index contributed by atoms with van der Waals surface area (Å²) in [6.07, 6.45) is 2.83. The number of piperidine rings is 1. The molecule has 1 fully saturated rings. The molecule has 0 spiro atoms. The zero-order valence-corrected chi connectivity index (χ0v) is 18.4. The maximum Gasteiger partial charge on any atom is 0.326 e. The zero-order valence-electron chi connectivity index (χ0n) is 16.8. The van der Waals surface area contributed by atoms with E-state index in [0.717, 1.165) is 19.3 Å². The minimum atomic E-state index is -3.59. The Bertz CT molecular complexity index is 1260. The number of sulfonamides is 1. The van der Waals surface area contributed by atoms with E-state index in [2.05, 4.69) is 10.3 Å². The summed E-state index contributed by atoms with van der Waals surface area (Å²) < 4.78 is 28.7. The third-order valence-corrected chi connectivity index (χ3v) is 7.54. The van der Waals surface area contributed by atoms with Crippen molar-refractivity contribution < 1.29 is 13.2 Å². The predicted molar refractivity (Wildman–Crippen MR) is 120 cm³/mol. The smallest absolute Gasteiger partial charge is 0.326 e. The average Bonchev–Trinajstić information content (AvgIpc) is 3.08. The van der Waals surface area contributed by atoms with Crippen molar-refractivity contribution in [2.45, 2.75) is 37.1 Å². The monoisotopic (exact) mass is 462 g/mol. The lowest BCUT2D eigenvalue weighted by atomic mass is 10.2. The predicted octanol–water partition coefficient (Wildman–Crippen LogP) is 3.19. The molecule has 1 amide bonds. The van der Waals surface area contributed by atoms with Crippen molar-refractivity contribution in [2.75, 3.05) is 18.4 Å². The highest BCUT2D eigenvalue weighted by atomic mass is 35.5. The summed E-state index contributed by atoms with van der Waals surface area (Å²) in [5.41, 5.74) is 1.22. The molecular weight excluding hydrogens is 440 g/mol. The first kappa shape index (κ1) is 21.6. The molecule has 0 bridgehead atoms. The molecular formula is C21H23ClN4O4S. The van der Waals surface area contributed by atoms with Crippen LogP contribution < -0.4 is 11.0 Å². The molecule has 1 aromatic heterocycles. The fourth-order valence-corrected chi connectivity index (χ4v) is 5.42. The molecule has 1 aliphatic heterocycles. The number of halogens is 1. The van der Waals surface area contributed by atoms with Crippen molar-refractivity contribution in [3.63, 3.8) is 0 Å². The van der Waals surface area contributed by atoms with E-state index >= 15 is 0 Å². The number of carbonyl (C=O) groups excluding carboxylic acids is 1. The van der Waals surface area contributed by atoms with Gasteiger partial charge in [0.05, 0.1) is 15.9 Å². The minimum Gasteiger partial charge on any atom is -0.326 e. The molecule has 164 valence electrons. The summed E-state index contributed by atoms with van der Waals surface area (Å²) in [6, 6.07) is 11.4. The Labute approximate surface area is 184 Å². The quantitative estimate of drug-likeness (QED) is 0.587. The molecule has 2 heterocycles. The lowest BCUT2D eigenvalue weighted by molar-refractivity contribution is -0.116. The van der Waals surface area contributed by atoms with E-state index in [9.17, 15) is 18.0 Å². The Kier molecular flexibility index (Phi) is 6.17. The molecule has 1 aliphatic rings. The van der Waals surface area contributed by atoms with E-state index in [-0.39, 0.29) is 29.5 Å². The summed E-state index contributed by atoms with van der Waals surface area (Å²) in [7, 11) is -3.59. The van der Waals surface area contributed by atoms with Crippen LogP contribution in [0.15, 0.2) is 52.2 Å². The Hall–Kier alpha value is -2.62. The number of aryl methyl sites for hydroxylation is 1. The second kappa shape index (κ2) is 8.86. The van der Waals surface area contributed by atoms with Gasteiger partial charge in [0.25, 0.3) is 0 Å². The van der Waals surface area contributed by atoms with Crippen LogP contribution in [0.3, 0.4) is 0 Å². The molecule has 0 radical (unpaired) electrons. The number of rotatable bonds is 6. The van der Waals surface area contributed by atoms with Gasteiger partial charge < -0.3 is 10.3 Å². The minimum absolute atomic E-state index is 0.0866. The van der Waals surface area contributed by atoms with E-state index in [1.165, 1.54) is 21.0 Å². The second-order valence-corrected chi connectivity index (χ2v) is 9.90. The molecule has 10 heteroatoms. The topological polar surface area (TPSA) is 104 Å². The summed E-state index contributed by atoms with van der Waals surface area (Å²) in [6.45, 7) is 1.19. The Morgan fingerprint density at radius 2 is 1.77 bits per heavy atom. The van der Waals surface area contributed by atoms with Crippen molar-refractivity contribution in [2.24, 2.45) is 0 Å². The van der Waals surface area contributed by atoms with Gasteiger partial charge in [-0.05, 0) is 55.3 Å². The van der Waals surface area contributed by atoms with Crippen molar-refractivity contribution in [3.05, 3.63) is 58.0 Å². The first-order chi connectivity index (χ1) is 14.8. The van der Waals surface area contributed by atoms with Crippen LogP contribution in [-0.4, -0.2) is 41.3 Å². The molecule has 1 saturated heterocycles. The highest BCUT2D eigenvalue weighted by molar-refractivity contribution is 7.89. The van der Waals surface area contributed by atoms with Gasteiger partial charge >= 0.3 is 5.69 Å². The molecule has 4 rings (SSSR count). The van der Waals surface area contributed by atoms with Gasteiger partial charge in [0.2, 0.25) is 15.9 Å². The maximum atomic E-state index is 12.9. The molecule has 3 aromatic rings. The van der Waals surface area contributed by atoms with Crippen LogP contribution in [0.1, 0.15) is 25.7 Å². The average molecular weight is 463 g/mol. The van der Waals surface area contributed by atoms with Crippen LogP contribution in [0.5, 0.6) is 0 Å². The number of hydrogen-bond donors (Lipinski definition) is 2. The molecule has 8 nitrogen and oxygen atoms in total. The van der Waals surface area contributed by atoms with Crippen molar-refractivity contribution >= 4 is 44.3 Å². The third-order valence-electron chi connectivity index (χ3n) is 5.39. The van der Waals surface area contributed by atoms with Crippen molar-refractivity contribution in [1.29, 1.82) is 0 Å². The van der Waals surface area contributed by atoms with Crippen molar-refractivity contribution in [1.82, 2.24) is 13.9 Å². The van der Waals surface area contributed by atoms with Gasteiger partial charge in [-0.3, -0.25) is 9.36 Å². The third kappa shape index (κ3) is 4.68. The van der Waals surface area contributed by atoms with Gasteiger partial charge in [-0.25, -0.2) is 13.2 Å². The standard InChI is InChI=1S/C21H23ClN4O4S/c22-15-4-6-16(7-5-15)23-20(27)10-13-26-19-9-8-17(14-18(19)24-21(26)28)31(29,30)25-11-2-1-3-12-25/h4-9,14H,1-3,10-13H2,(H,23,27)(H,24,28). The molecule has 2 aromatic carbocycles. The number of benzene rings is 2. The number of H-pyrrole nitrogens is 1. The summed E-state index contributed by atoms with van der Waals surface area (Å²) in [4.78, 5) is 27.5. The number of aromatic nitrogens is 2. The van der Waals surface area contributed by atoms with Gasteiger partial charge in [0.15, 0.2) is 0 Å². The van der Waals surface area contributed by atoms with Gasteiger partial charge in [0, 0.05) is 36.8 Å². The second-order valence-electron chi connectivity index (χ2n) is 7.53. The number of anilines is 1. The van der Waals surface area contributed by atoms with Crippen LogP contribution in [0, 0.1) is 0 Å². The SMILES string of the molecule is O=C(CCn1c(=O)[nH]c2cc(S(=O)(=O)N3CCCCC3)ccc21)Nc1ccc(Cl)cc1. The summed E-state index contributed by atoms with van der Waals surface area (Å²) in [5.74, 6) is -0.243. The fourth-order valence-electron chi connectivity index (χ4n) is 3.75. The highest BCUT2D eigenvalue weighted by Crippen LogP contribution is 2.23. The normalized spacial score (nSPS) is 15.3. The largest absolute Gasteiger partial charge is 0.326 e. The lowest BCUT2D eigenvalue weighted by Crippen LogP contribution is -2.35. The molecule has 0 atom stereocenters. The van der Waals surface area contributed by atoms with Crippen LogP contribution in [0.25, 0.3) is 11.0 Å². The number of nitrogens with zero attached hydrogens (tertiary/aromatic N) is 2. The van der Waals surface area contributed by atoms with Gasteiger partial charge in [0.1, 0.15) is 0 Å². The first-order valence-electron chi connectivity index (χ1n) is 10.1. The fraction of sp³-hybridized carbons (Fsp3) is 0.333. The molecule has 0 aliphatic carbocycles. The number of aromatic amines is 1. The van der Waals surface area contributed by atoms with Crippen LogP contribution in [0.4, 0.5) is 5.69 Å². The van der Waals surface area contributed by atoms with Crippen LogP contribution in [-0.2, 0) is 21.4 Å². The van der Waals surface area contributed by atoms with E-state index in [1.54, 1.807) is 30.3 Å². The number of amides is 1. The molecule has 31 heavy (non-hydrogen) atoms. The zero-order chi connectivity index (χ0) is 22.0. The van der Waals surface area contributed by atoms with Gasteiger partial charge in [-0.1, -0.05) is 18.0 Å². The lowest BCUT2D eigenvalue weighted by Gasteiger charge is -2.25.